The Kier molecular flexibility index (Phi) is 8.48. The maximum atomic E-state index is 14.3. The number of nitrogens with one attached hydrogen (secondary N) is 3. The number of nitrogens with zero attached hydrogens (tertiary/aromatic N) is 1. The van der Waals surface area contributed by atoms with Crippen molar-refractivity contribution >= 4 is 35.0 Å². The summed E-state index contributed by atoms with van der Waals surface area (Å²) in [4.78, 5) is 39.5. The lowest BCUT2D eigenvalue weighted by atomic mass is 9.86. The van der Waals surface area contributed by atoms with Crippen molar-refractivity contribution in [1.29, 1.82) is 0 Å². The van der Waals surface area contributed by atoms with Gasteiger partial charge in [-0.2, -0.15) is 13.2 Å². The van der Waals surface area contributed by atoms with E-state index in [9.17, 15) is 41.4 Å². The van der Waals surface area contributed by atoms with Crippen molar-refractivity contribution in [2.45, 2.75) is 50.5 Å². The van der Waals surface area contributed by atoms with Crippen molar-refractivity contribution in [2.24, 2.45) is 5.92 Å². The SMILES string of the molecule is O=C1Cn2c(C(=O)NC3CCC(CO)CC3)cc(NC(=O)c3cc(F)cc(C(F)(F)F)c3)c2C(c2cc(F)ccc2Cl)N1. The molecular formula is C29H26ClF5N4O4. The third-order valence-corrected chi connectivity index (χ3v) is 8.04. The number of aliphatic hydroxyl groups excluding tert-OH is 1. The van der Waals surface area contributed by atoms with Gasteiger partial charge in [-0.1, -0.05) is 11.6 Å². The molecule has 4 N–H and O–H groups in total. The minimum absolute atomic E-state index is 0.0443. The molecule has 1 aliphatic carbocycles. The molecule has 2 heterocycles. The van der Waals surface area contributed by atoms with Gasteiger partial charge in [-0.15, -0.1) is 0 Å². The van der Waals surface area contributed by atoms with E-state index in [0.717, 1.165) is 12.1 Å². The second-order valence-electron chi connectivity index (χ2n) is 10.6. The molecule has 1 unspecified atom stereocenters. The number of carbonyl (C=O) groups excluding carboxylic acids is 3. The molecule has 3 amide bonds. The fourth-order valence-electron chi connectivity index (χ4n) is 5.54. The molecule has 0 spiro atoms. The summed E-state index contributed by atoms with van der Waals surface area (Å²) >= 11 is 6.34. The molecule has 43 heavy (non-hydrogen) atoms. The Morgan fingerprint density at radius 2 is 1.72 bits per heavy atom. The molecule has 14 heteroatoms. The average molecular weight is 625 g/mol. The summed E-state index contributed by atoms with van der Waals surface area (Å²) in [5, 5.41) is 17.5. The predicted octanol–water partition coefficient (Wildman–Crippen LogP) is 5.19. The fourth-order valence-corrected chi connectivity index (χ4v) is 5.77. The van der Waals surface area contributed by atoms with Crippen molar-refractivity contribution < 1.29 is 41.4 Å². The summed E-state index contributed by atoms with van der Waals surface area (Å²) in [5.41, 5.74) is -1.92. The number of amides is 3. The molecule has 2 aliphatic rings. The summed E-state index contributed by atoms with van der Waals surface area (Å²) in [6.45, 7) is -0.322. The van der Waals surface area contributed by atoms with E-state index in [1.54, 1.807) is 0 Å². The summed E-state index contributed by atoms with van der Waals surface area (Å²) < 4.78 is 69.5. The Morgan fingerprint density at radius 1 is 1.00 bits per heavy atom. The smallest absolute Gasteiger partial charge is 0.396 e. The second kappa shape index (κ2) is 12.0. The number of hydrogen-bond donors (Lipinski definition) is 4. The predicted molar refractivity (Wildman–Crippen MR) is 145 cm³/mol. The molecular weight excluding hydrogens is 599 g/mol. The lowest BCUT2D eigenvalue weighted by Gasteiger charge is -2.30. The van der Waals surface area contributed by atoms with Crippen LogP contribution in [0.1, 0.15) is 69.4 Å². The first-order valence-corrected chi connectivity index (χ1v) is 13.8. The van der Waals surface area contributed by atoms with E-state index < -0.39 is 52.7 Å². The molecule has 5 rings (SSSR count). The highest BCUT2D eigenvalue weighted by Crippen LogP contribution is 2.38. The number of aromatic nitrogens is 1. The number of carbonyl (C=O) groups is 3. The standard InChI is InChI=1S/C29H26ClF5N4O4/c30-21-6-3-17(31)10-20(21)25-26-22(37-27(42)15-7-16(29(33,34)35)9-18(32)8-15)11-23(39(26)12-24(41)38-25)28(43)36-19-4-1-14(13-40)2-5-19/h3,6-11,14,19,25,40H,1-2,4-5,12-13H2,(H,36,43)(H,37,42)(H,38,41). The molecule has 1 fully saturated rings. The summed E-state index contributed by atoms with van der Waals surface area (Å²) in [5.74, 6) is -4.09. The van der Waals surface area contributed by atoms with E-state index in [1.165, 1.54) is 16.7 Å². The monoisotopic (exact) mass is 624 g/mol. The third kappa shape index (κ3) is 6.52. The van der Waals surface area contributed by atoms with Crippen molar-refractivity contribution in [3.8, 4) is 0 Å². The average Bonchev–Trinajstić information content (AvgIpc) is 3.31. The highest BCUT2D eigenvalue weighted by atomic mass is 35.5. The first-order chi connectivity index (χ1) is 20.3. The number of fused-ring (bicyclic) bond motifs is 1. The third-order valence-electron chi connectivity index (χ3n) is 7.70. The zero-order valence-electron chi connectivity index (χ0n) is 22.4. The Hall–Kier alpha value is -3.97. The molecule has 1 atom stereocenters. The summed E-state index contributed by atoms with van der Waals surface area (Å²) in [7, 11) is 0. The maximum absolute atomic E-state index is 14.3. The number of hydrogen-bond acceptors (Lipinski definition) is 4. The van der Waals surface area contributed by atoms with Crippen molar-refractivity contribution in [1.82, 2.24) is 15.2 Å². The van der Waals surface area contributed by atoms with Crippen LogP contribution in [0.4, 0.5) is 27.6 Å². The molecule has 2 aromatic carbocycles. The van der Waals surface area contributed by atoms with Crippen LogP contribution in [0.2, 0.25) is 5.02 Å². The molecule has 3 aromatic rings. The number of benzene rings is 2. The summed E-state index contributed by atoms with van der Waals surface area (Å²) in [6, 6.07) is 4.68. The van der Waals surface area contributed by atoms with Gasteiger partial charge in [-0.05, 0) is 74.1 Å². The normalized spacial score (nSPS) is 20.3. The minimum Gasteiger partial charge on any atom is -0.396 e. The first kappa shape index (κ1) is 30.5. The van der Waals surface area contributed by atoms with Gasteiger partial charge >= 0.3 is 6.18 Å². The molecule has 0 radical (unpaired) electrons. The van der Waals surface area contributed by atoms with Crippen LogP contribution in [0.5, 0.6) is 0 Å². The Balaban J connectivity index is 1.56. The van der Waals surface area contributed by atoms with Crippen LogP contribution in [-0.2, 0) is 17.5 Å². The van der Waals surface area contributed by atoms with Gasteiger partial charge in [0.15, 0.2) is 0 Å². The zero-order valence-corrected chi connectivity index (χ0v) is 23.2. The van der Waals surface area contributed by atoms with Gasteiger partial charge in [-0.25, -0.2) is 8.78 Å². The zero-order chi connectivity index (χ0) is 31.1. The van der Waals surface area contributed by atoms with Gasteiger partial charge in [0, 0.05) is 28.8 Å². The Labute approximate surface area is 247 Å². The van der Waals surface area contributed by atoms with Gasteiger partial charge in [0.05, 0.1) is 23.0 Å². The van der Waals surface area contributed by atoms with E-state index in [-0.39, 0.29) is 58.8 Å². The first-order valence-electron chi connectivity index (χ1n) is 13.4. The topological polar surface area (TPSA) is 112 Å². The van der Waals surface area contributed by atoms with Crippen LogP contribution in [-0.4, -0.2) is 40.0 Å². The molecule has 1 aliphatic heterocycles. The van der Waals surface area contributed by atoms with Crippen LogP contribution in [0, 0.1) is 17.6 Å². The van der Waals surface area contributed by atoms with Crippen LogP contribution in [0.25, 0.3) is 0 Å². The Morgan fingerprint density at radius 3 is 2.40 bits per heavy atom. The highest BCUT2D eigenvalue weighted by Gasteiger charge is 2.36. The number of anilines is 1. The van der Waals surface area contributed by atoms with Gasteiger partial charge in [0.1, 0.15) is 23.9 Å². The largest absolute Gasteiger partial charge is 0.416 e. The molecule has 1 aromatic heterocycles. The highest BCUT2D eigenvalue weighted by molar-refractivity contribution is 6.31. The van der Waals surface area contributed by atoms with E-state index in [0.29, 0.717) is 37.8 Å². The minimum atomic E-state index is -4.92. The van der Waals surface area contributed by atoms with E-state index in [2.05, 4.69) is 16.0 Å². The number of rotatable bonds is 6. The number of halogens is 6. The van der Waals surface area contributed by atoms with Crippen molar-refractivity contribution in [3.05, 3.63) is 87.2 Å². The van der Waals surface area contributed by atoms with Crippen molar-refractivity contribution in [3.63, 3.8) is 0 Å². The molecule has 8 nitrogen and oxygen atoms in total. The lowest BCUT2D eigenvalue weighted by Crippen LogP contribution is -2.42. The van der Waals surface area contributed by atoms with Crippen LogP contribution in [0.3, 0.4) is 0 Å². The Bertz CT molecular complexity index is 1580. The lowest BCUT2D eigenvalue weighted by molar-refractivity contribution is -0.137. The van der Waals surface area contributed by atoms with E-state index in [4.69, 9.17) is 11.6 Å². The van der Waals surface area contributed by atoms with Gasteiger partial charge in [0.2, 0.25) is 5.91 Å². The quantitative estimate of drug-likeness (QED) is 0.283. The molecule has 228 valence electrons. The molecule has 0 saturated heterocycles. The number of alkyl halides is 3. The number of aliphatic hydroxyl groups is 1. The molecule has 0 bridgehead atoms. The van der Waals surface area contributed by atoms with Gasteiger partial charge in [0.25, 0.3) is 11.8 Å². The van der Waals surface area contributed by atoms with Crippen LogP contribution < -0.4 is 16.0 Å². The van der Waals surface area contributed by atoms with E-state index >= 15 is 0 Å². The van der Waals surface area contributed by atoms with Gasteiger partial charge < -0.3 is 25.6 Å². The van der Waals surface area contributed by atoms with Crippen molar-refractivity contribution in [2.75, 3.05) is 11.9 Å². The van der Waals surface area contributed by atoms with Crippen LogP contribution in [0.15, 0.2) is 42.5 Å². The maximum Gasteiger partial charge on any atom is 0.416 e. The summed E-state index contributed by atoms with van der Waals surface area (Å²) in [6.07, 6.45) is -2.30. The molecule has 1 saturated carbocycles. The van der Waals surface area contributed by atoms with Crippen LogP contribution >= 0.6 is 11.6 Å². The fraction of sp³-hybridized carbons (Fsp3) is 0.345. The second-order valence-corrected chi connectivity index (χ2v) is 11.0. The van der Waals surface area contributed by atoms with E-state index in [1.807, 2.05) is 0 Å². The van der Waals surface area contributed by atoms with Gasteiger partial charge in [-0.3, -0.25) is 14.4 Å².